The highest BCUT2D eigenvalue weighted by molar-refractivity contribution is 5.98. The Hall–Kier alpha value is -1.76. The van der Waals surface area contributed by atoms with E-state index in [2.05, 4.69) is 54.5 Å². The number of rotatable bonds is 0. The molecule has 0 radical (unpaired) electrons. The van der Waals surface area contributed by atoms with Gasteiger partial charge in [0.25, 0.3) is 0 Å². The summed E-state index contributed by atoms with van der Waals surface area (Å²) in [6, 6.07) is 12.9. The number of hydrogen-bond donors (Lipinski definition) is 1. The highest BCUT2D eigenvalue weighted by Crippen LogP contribution is 2.24. The number of aryl methyl sites for hydroxylation is 1. The third-order valence-corrected chi connectivity index (χ3v) is 2.75. The fourth-order valence-corrected chi connectivity index (χ4v) is 1.95. The van der Waals surface area contributed by atoms with Crippen LogP contribution in [-0.4, -0.2) is 4.98 Å². The first-order chi connectivity index (χ1) is 6.84. The Kier molecular flexibility index (Phi) is 1.42. The van der Waals surface area contributed by atoms with Crippen LogP contribution < -0.4 is 0 Å². The van der Waals surface area contributed by atoms with E-state index < -0.39 is 0 Å². The van der Waals surface area contributed by atoms with Crippen LogP contribution >= 0.6 is 0 Å². The van der Waals surface area contributed by atoms with Crippen molar-refractivity contribution in [2.24, 2.45) is 0 Å². The van der Waals surface area contributed by atoms with Crippen LogP contribution in [-0.2, 0) is 0 Å². The largest absolute Gasteiger partial charge is 0.361 e. The molecule has 0 aliphatic rings. The average Bonchev–Trinajstić information content (AvgIpc) is 2.57. The highest BCUT2D eigenvalue weighted by Gasteiger charge is 2.00. The van der Waals surface area contributed by atoms with Crippen molar-refractivity contribution in [1.29, 1.82) is 0 Å². The lowest BCUT2D eigenvalue weighted by Crippen LogP contribution is -1.73. The number of aromatic amines is 1. The van der Waals surface area contributed by atoms with E-state index in [1.807, 2.05) is 0 Å². The standard InChI is InChI=1S/C13H11N/c1-9-8-14-13-7-11-5-3-2-4-10(11)6-12(9)13/h2-8,14H,1H3. The van der Waals surface area contributed by atoms with E-state index in [-0.39, 0.29) is 0 Å². The summed E-state index contributed by atoms with van der Waals surface area (Å²) < 4.78 is 0. The van der Waals surface area contributed by atoms with Gasteiger partial charge in [-0.25, -0.2) is 0 Å². The summed E-state index contributed by atoms with van der Waals surface area (Å²) >= 11 is 0. The Labute approximate surface area is 82.4 Å². The van der Waals surface area contributed by atoms with E-state index in [0.717, 1.165) is 0 Å². The molecule has 0 spiro atoms. The van der Waals surface area contributed by atoms with E-state index in [1.54, 1.807) is 0 Å². The number of hydrogen-bond acceptors (Lipinski definition) is 0. The number of aromatic nitrogens is 1. The highest BCUT2D eigenvalue weighted by atomic mass is 14.7. The van der Waals surface area contributed by atoms with Crippen LogP contribution in [0.25, 0.3) is 21.7 Å². The van der Waals surface area contributed by atoms with Gasteiger partial charge in [-0.3, -0.25) is 0 Å². The second kappa shape index (κ2) is 2.61. The van der Waals surface area contributed by atoms with Gasteiger partial charge in [0, 0.05) is 17.1 Å². The Morgan fingerprint density at radius 3 is 2.50 bits per heavy atom. The van der Waals surface area contributed by atoms with Crippen molar-refractivity contribution in [2.75, 3.05) is 0 Å². The van der Waals surface area contributed by atoms with Crippen LogP contribution in [0.5, 0.6) is 0 Å². The fraction of sp³-hybridized carbons (Fsp3) is 0.0769. The summed E-state index contributed by atoms with van der Waals surface area (Å²) in [5.41, 5.74) is 2.53. The van der Waals surface area contributed by atoms with Crippen molar-refractivity contribution >= 4 is 21.7 Å². The van der Waals surface area contributed by atoms with Gasteiger partial charge in [-0.2, -0.15) is 0 Å². The third-order valence-electron chi connectivity index (χ3n) is 2.75. The molecule has 0 amide bonds. The van der Waals surface area contributed by atoms with Gasteiger partial charge >= 0.3 is 0 Å². The number of nitrogens with one attached hydrogen (secondary N) is 1. The van der Waals surface area contributed by atoms with Crippen LogP contribution in [0.1, 0.15) is 5.56 Å². The zero-order valence-electron chi connectivity index (χ0n) is 8.04. The van der Waals surface area contributed by atoms with Gasteiger partial charge in [0.15, 0.2) is 0 Å². The molecule has 2 aromatic carbocycles. The second-order valence-electron chi connectivity index (χ2n) is 3.72. The molecule has 0 bridgehead atoms. The minimum atomic E-state index is 1.22. The normalized spacial score (nSPS) is 11.2. The smallest absolute Gasteiger partial charge is 0.0463 e. The topological polar surface area (TPSA) is 15.8 Å². The van der Waals surface area contributed by atoms with Crippen molar-refractivity contribution in [3.05, 3.63) is 48.2 Å². The fourth-order valence-electron chi connectivity index (χ4n) is 1.95. The Morgan fingerprint density at radius 1 is 1.00 bits per heavy atom. The van der Waals surface area contributed by atoms with Crippen molar-refractivity contribution in [3.63, 3.8) is 0 Å². The van der Waals surface area contributed by atoms with E-state index >= 15 is 0 Å². The minimum absolute atomic E-state index is 1.22. The maximum absolute atomic E-state index is 3.28. The maximum Gasteiger partial charge on any atom is 0.0463 e. The molecule has 0 aliphatic carbocycles. The molecule has 14 heavy (non-hydrogen) atoms. The molecule has 3 aromatic rings. The molecular formula is C13H11N. The maximum atomic E-state index is 3.28. The molecule has 3 rings (SSSR count). The van der Waals surface area contributed by atoms with Gasteiger partial charge < -0.3 is 4.98 Å². The first-order valence-corrected chi connectivity index (χ1v) is 4.81. The molecule has 0 fully saturated rings. The predicted octanol–water partition coefficient (Wildman–Crippen LogP) is 3.63. The second-order valence-corrected chi connectivity index (χ2v) is 3.72. The van der Waals surface area contributed by atoms with Gasteiger partial charge in [0.2, 0.25) is 0 Å². The van der Waals surface area contributed by atoms with Gasteiger partial charge in [0.05, 0.1) is 0 Å². The van der Waals surface area contributed by atoms with Crippen molar-refractivity contribution in [2.45, 2.75) is 6.92 Å². The van der Waals surface area contributed by atoms with Gasteiger partial charge in [0.1, 0.15) is 0 Å². The lowest BCUT2D eigenvalue weighted by molar-refractivity contribution is 1.43. The number of benzene rings is 2. The third kappa shape index (κ3) is 0.956. The van der Waals surface area contributed by atoms with Crippen LogP contribution in [0, 0.1) is 6.92 Å². The SMILES string of the molecule is Cc1c[nH]c2cc3ccccc3cc12. The van der Waals surface area contributed by atoms with Gasteiger partial charge in [-0.1, -0.05) is 24.3 Å². The van der Waals surface area contributed by atoms with Crippen LogP contribution in [0.4, 0.5) is 0 Å². The summed E-state index contributed by atoms with van der Waals surface area (Å²) in [4.78, 5) is 3.28. The van der Waals surface area contributed by atoms with Crippen LogP contribution in [0.15, 0.2) is 42.6 Å². The Morgan fingerprint density at radius 2 is 1.71 bits per heavy atom. The lowest BCUT2D eigenvalue weighted by atomic mass is 10.1. The minimum Gasteiger partial charge on any atom is -0.361 e. The molecule has 1 heterocycles. The Balaban J connectivity index is 2.54. The Bertz CT molecular complexity index is 605. The number of fused-ring (bicyclic) bond motifs is 2. The van der Waals surface area contributed by atoms with Crippen LogP contribution in [0.3, 0.4) is 0 Å². The molecule has 1 aromatic heterocycles. The lowest BCUT2D eigenvalue weighted by Gasteiger charge is -1.98. The zero-order chi connectivity index (χ0) is 9.54. The molecule has 0 unspecified atom stereocenters. The molecular weight excluding hydrogens is 170 g/mol. The molecule has 68 valence electrons. The first kappa shape index (κ1) is 7.63. The van der Waals surface area contributed by atoms with Gasteiger partial charge in [-0.05, 0) is 35.4 Å². The summed E-state index contributed by atoms with van der Waals surface area (Å²) in [6.07, 6.45) is 2.06. The van der Waals surface area contributed by atoms with Crippen molar-refractivity contribution < 1.29 is 0 Å². The molecule has 1 nitrogen and oxygen atoms in total. The summed E-state index contributed by atoms with van der Waals surface area (Å²) in [6.45, 7) is 2.13. The van der Waals surface area contributed by atoms with Crippen molar-refractivity contribution in [1.82, 2.24) is 4.98 Å². The van der Waals surface area contributed by atoms with Crippen molar-refractivity contribution in [3.8, 4) is 0 Å². The molecule has 0 saturated carbocycles. The molecule has 1 N–H and O–H groups in total. The summed E-state index contributed by atoms with van der Waals surface area (Å²) in [7, 11) is 0. The quantitative estimate of drug-likeness (QED) is 0.545. The zero-order valence-corrected chi connectivity index (χ0v) is 8.04. The van der Waals surface area contributed by atoms with E-state index in [9.17, 15) is 0 Å². The summed E-state index contributed by atoms with van der Waals surface area (Å²) in [5, 5.41) is 3.92. The van der Waals surface area contributed by atoms with E-state index in [4.69, 9.17) is 0 Å². The van der Waals surface area contributed by atoms with Gasteiger partial charge in [-0.15, -0.1) is 0 Å². The van der Waals surface area contributed by atoms with E-state index in [1.165, 1.54) is 27.2 Å². The monoisotopic (exact) mass is 181 g/mol. The molecule has 0 atom stereocenters. The molecule has 0 saturated heterocycles. The predicted molar refractivity (Wildman–Crippen MR) is 60.5 cm³/mol. The van der Waals surface area contributed by atoms with Crippen LogP contribution in [0.2, 0.25) is 0 Å². The molecule has 0 aliphatic heterocycles. The van der Waals surface area contributed by atoms with E-state index in [0.29, 0.717) is 0 Å². The summed E-state index contributed by atoms with van der Waals surface area (Å²) in [5.74, 6) is 0. The first-order valence-electron chi connectivity index (χ1n) is 4.81. The molecule has 1 heteroatoms. The average molecular weight is 181 g/mol. The number of H-pyrrole nitrogens is 1.